The molecule has 31 heavy (non-hydrogen) atoms. The zero-order chi connectivity index (χ0) is 22.1. The highest BCUT2D eigenvalue weighted by Gasteiger charge is 2.19. The van der Waals surface area contributed by atoms with Crippen LogP contribution in [0.4, 0.5) is 0 Å². The third-order valence-electron chi connectivity index (χ3n) is 5.34. The number of aryl methyl sites for hydroxylation is 1. The highest BCUT2D eigenvalue weighted by atomic mass is 16.5. The second-order valence-electron chi connectivity index (χ2n) is 7.34. The second kappa shape index (κ2) is 11.4. The van der Waals surface area contributed by atoms with Gasteiger partial charge in [0.2, 0.25) is 0 Å². The number of hydrogen-bond acceptors (Lipinski definition) is 5. The van der Waals surface area contributed by atoms with Crippen molar-refractivity contribution >= 4 is 17.0 Å². The number of ether oxygens (including phenoxy) is 3. The fraction of sp³-hybridized carbons (Fsp3) is 0.360. The van der Waals surface area contributed by atoms with Crippen LogP contribution in [0.3, 0.4) is 0 Å². The average molecular weight is 424 g/mol. The van der Waals surface area contributed by atoms with Gasteiger partial charge >= 0.3 is 0 Å². The van der Waals surface area contributed by atoms with E-state index in [1.54, 1.807) is 21.3 Å². The van der Waals surface area contributed by atoms with Gasteiger partial charge in [-0.05, 0) is 42.6 Å². The van der Waals surface area contributed by atoms with Crippen LogP contribution in [0.15, 0.2) is 43.0 Å². The first-order valence-electron chi connectivity index (χ1n) is 10.6. The Labute approximate surface area is 184 Å². The van der Waals surface area contributed by atoms with E-state index >= 15 is 0 Å². The van der Waals surface area contributed by atoms with Crippen molar-refractivity contribution in [3.8, 4) is 17.2 Å². The highest BCUT2D eigenvalue weighted by Crippen LogP contribution is 2.42. The van der Waals surface area contributed by atoms with Gasteiger partial charge in [-0.15, -0.1) is 0 Å². The lowest BCUT2D eigenvalue weighted by Gasteiger charge is -2.10. The van der Waals surface area contributed by atoms with E-state index in [0.29, 0.717) is 11.5 Å². The summed E-state index contributed by atoms with van der Waals surface area (Å²) in [6.45, 7) is 7.45. The Hall–Kier alpha value is -2.96. The smallest absolute Gasteiger partial charge is 0.173 e. The lowest BCUT2D eigenvalue weighted by Crippen LogP contribution is -2.27. The van der Waals surface area contributed by atoms with Crippen LogP contribution in [0, 0.1) is 0 Å². The summed E-state index contributed by atoms with van der Waals surface area (Å²) < 4.78 is 16.7. The quantitative estimate of drug-likeness (QED) is 0.361. The molecule has 0 spiro atoms. The summed E-state index contributed by atoms with van der Waals surface area (Å²) >= 11 is 0. The van der Waals surface area contributed by atoms with Crippen LogP contribution in [0.1, 0.15) is 23.2 Å². The molecule has 1 heterocycles. The van der Waals surface area contributed by atoms with Gasteiger partial charge in [0.05, 0.1) is 37.9 Å². The average Bonchev–Trinajstić information content (AvgIpc) is 3.17. The van der Waals surface area contributed by atoms with Crippen LogP contribution in [-0.2, 0) is 13.0 Å². The SMILES string of the molecule is C=Cc1ccc(CNCCNCCCc2[nH]c3ccc(OC)c(OC)c3c2OC)cc1. The molecule has 0 fully saturated rings. The molecule has 3 rings (SSSR count). The highest BCUT2D eigenvalue weighted by molar-refractivity contribution is 5.95. The van der Waals surface area contributed by atoms with Gasteiger partial charge < -0.3 is 29.8 Å². The van der Waals surface area contributed by atoms with Gasteiger partial charge in [-0.2, -0.15) is 0 Å². The summed E-state index contributed by atoms with van der Waals surface area (Å²) in [5.74, 6) is 2.22. The first-order valence-corrected chi connectivity index (χ1v) is 10.6. The minimum Gasteiger partial charge on any atom is -0.494 e. The van der Waals surface area contributed by atoms with Crippen LogP contribution in [-0.4, -0.2) is 45.9 Å². The van der Waals surface area contributed by atoms with Crippen molar-refractivity contribution in [2.75, 3.05) is 41.0 Å². The molecule has 3 N–H and O–H groups in total. The Morgan fingerprint density at radius 1 is 0.871 bits per heavy atom. The van der Waals surface area contributed by atoms with E-state index in [9.17, 15) is 0 Å². The van der Waals surface area contributed by atoms with Crippen LogP contribution < -0.4 is 24.8 Å². The van der Waals surface area contributed by atoms with Gasteiger partial charge in [0.25, 0.3) is 0 Å². The van der Waals surface area contributed by atoms with Crippen molar-refractivity contribution in [1.29, 1.82) is 0 Å². The number of aromatic amines is 1. The fourth-order valence-electron chi connectivity index (χ4n) is 3.72. The number of fused-ring (bicyclic) bond motifs is 1. The number of methoxy groups -OCH3 is 3. The Morgan fingerprint density at radius 3 is 2.29 bits per heavy atom. The van der Waals surface area contributed by atoms with E-state index in [1.807, 2.05) is 18.2 Å². The maximum Gasteiger partial charge on any atom is 0.173 e. The first kappa shape index (κ1) is 22.7. The van der Waals surface area contributed by atoms with Gasteiger partial charge in [0.1, 0.15) is 0 Å². The van der Waals surface area contributed by atoms with Gasteiger partial charge in [-0.3, -0.25) is 0 Å². The second-order valence-corrected chi connectivity index (χ2v) is 7.34. The summed E-state index contributed by atoms with van der Waals surface area (Å²) in [5, 5.41) is 7.89. The number of benzene rings is 2. The standard InChI is InChI=1S/C25H33N3O3/c1-5-18-8-10-19(11-9-18)17-27-16-15-26-14-6-7-21-24(30-3)23-20(28-21)12-13-22(29-2)25(23)31-4/h5,8-13,26-28H,1,6-7,14-17H2,2-4H3. The molecule has 166 valence electrons. The molecule has 2 aromatic carbocycles. The van der Waals surface area contributed by atoms with Crippen molar-refractivity contribution in [3.05, 3.63) is 59.8 Å². The molecule has 0 amide bonds. The maximum atomic E-state index is 5.70. The van der Waals surface area contributed by atoms with Crippen LogP contribution in [0.2, 0.25) is 0 Å². The van der Waals surface area contributed by atoms with E-state index in [1.165, 1.54) is 5.56 Å². The van der Waals surface area contributed by atoms with Crippen molar-refractivity contribution in [2.24, 2.45) is 0 Å². The number of aromatic nitrogens is 1. The van der Waals surface area contributed by atoms with E-state index in [-0.39, 0.29) is 0 Å². The van der Waals surface area contributed by atoms with Crippen molar-refractivity contribution in [2.45, 2.75) is 19.4 Å². The Kier molecular flexibility index (Phi) is 8.38. The predicted molar refractivity (Wildman–Crippen MR) is 127 cm³/mol. The Balaban J connectivity index is 1.43. The third-order valence-corrected chi connectivity index (χ3v) is 5.34. The van der Waals surface area contributed by atoms with Crippen molar-refractivity contribution in [1.82, 2.24) is 15.6 Å². The van der Waals surface area contributed by atoms with E-state index < -0.39 is 0 Å². The Bertz CT molecular complexity index is 980. The fourth-order valence-corrected chi connectivity index (χ4v) is 3.72. The number of nitrogens with one attached hydrogen (secondary N) is 3. The first-order chi connectivity index (χ1) is 15.2. The van der Waals surface area contributed by atoms with Crippen LogP contribution >= 0.6 is 0 Å². The molecular weight excluding hydrogens is 390 g/mol. The zero-order valence-electron chi connectivity index (χ0n) is 18.7. The van der Waals surface area contributed by atoms with E-state index in [2.05, 4.69) is 46.5 Å². The summed E-state index contributed by atoms with van der Waals surface area (Å²) in [5.41, 5.74) is 4.49. The lowest BCUT2D eigenvalue weighted by atomic mass is 10.1. The van der Waals surface area contributed by atoms with Crippen molar-refractivity contribution < 1.29 is 14.2 Å². The molecule has 0 saturated carbocycles. The molecule has 0 atom stereocenters. The van der Waals surface area contributed by atoms with Gasteiger partial charge in [0, 0.05) is 19.6 Å². The number of rotatable bonds is 13. The molecule has 6 heteroatoms. The maximum absolute atomic E-state index is 5.70. The molecule has 0 aliphatic heterocycles. The normalized spacial score (nSPS) is 10.9. The molecular formula is C25H33N3O3. The summed E-state index contributed by atoms with van der Waals surface area (Å²) in [6.07, 6.45) is 3.75. The molecule has 0 unspecified atom stereocenters. The van der Waals surface area contributed by atoms with Gasteiger partial charge in [0.15, 0.2) is 17.2 Å². The number of hydrogen-bond donors (Lipinski definition) is 3. The summed E-state index contributed by atoms with van der Waals surface area (Å²) in [7, 11) is 4.99. The molecule has 1 aromatic heterocycles. The molecule has 0 radical (unpaired) electrons. The van der Waals surface area contributed by atoms with E-state index in [0.717, 1.165) is 66.9 Å². The minimum atomic E-state index is 0.697. The minimum absolute atomic E-state index is 0.697. The molecule has 0 saturated heterocycles. The number of H-pyrrole nitrogens is 1. The molecule has 3 aromatic rings. The summed E-state index contributed by atoms with van der Waals surface area (Å²) in [4.78, 5) is 3.47. The predicted octanol–water partition coefficient (Wildman–Crippen LogP) is 4.15. The molecule has 0 aliphatic rings. The summed E-state index contributed by atoms with van der Waals surface area (Å²) in [6, 6.07) is 12.4. The van der Waals surface area contributed by atoms with Crippen LogP contribution in [0.5, 0.6) is 17.2 Å². The zero-order valence-corrected chi connectivity index (χ0v) is 18.7. The van der Waals surface area contributed by atoms with Gasteiger partial charge in [-0.1, -0.05) is 36.9 Å². The topological polar surface area (TPSA) is 67.5 Å². The van der Waals surface area contributed by atoms with Crippen molar-refractivity contribution in [3.63, 3.8) is 0 Å². The lowest BCUT2D eigenvalue weighted by molar-refractivity contribution is 0.356. The van der Waals surface area contributed by atoms with E-state index in [4.69, 9.17) is 14.2 Å². The molecule has 0 aliphatic carbocycles. The Morgan fingerprint density at radius 2 is 1.61 bits per heavy atom. The molecule has 0 bridgehead atoms. The molecule has 6 nitrogen and oxygen atoms in total. The van der Waals surface area contributed by atoms with Crippen LogP contribution in [0.25, 0.3) is 17.0 Å². The largest absolute Gasteiger partial charge is 0.494 e. The van der Waals surface area contributed by atoms with Gasteiger partial charge in [-0.25, -0.2) is 0 Å². The third kappa shape index (κ3) is 5.60. The monoisotopic (exact) mass is 423 g/mol.